The fourth-order valence-electron chi connectivity index (χ4n) is 4.72. The number of anilines is 1. The molecule has 14 heteroatoms. The summed E-state index contributed by atoms with van der Waals surface area (Å²) in [5.41, 5.74) is 4.52. The van der Waals surface area contributed by atoms with E-state index in [4.69, 9.17) is 0 Å². The minimum atomic E-state index is -4.20. The van der Waals surface area contributed by atoms with Crippen LogP contribution < -0.4 is 4.90 Å². The van der Waals surface area contributed by atoms with Crippen LogP contribution in [0.2, 0.25) is 0 Å². The highest BCUT2D eigenvalue weighted by molar-refractivity contribution is 7.86. The second-order valence-electron chi connectivity index (χ2n) is 10.6. The molecule has 0 amide bonds. The lowest BCUT2D eigenvalue weighted by Crippen LogP contribution is -2.25. The van der Waals surface area contributed by atoms with Crippen LogP contribution in [-0.4, -0.2) is 84.5 Å². The van der Waals surface area contributed by atoms with Gasteiger partial charge in [-0.25, -0.2) is 4.79 Å². The fourth-order valence-corrected chi connectivity index (χ4v) is 5.71. The second kappa shape index (κ2) is 16.9. The fraction of sp³-hybridized carbons (Fsp3) is 0.312. The summed E-state index contributed by atoms with van der Waals surface area (Å²) in [6, 6.07) is 7.68. The van der Waals surface area contributed by atoms with Gasteiger partial charge in [-0.3, -0.25) is 18.7 Å². The predicted octanol–water partition coefficient (Wildman–Crippen LogP) is 4.81. The summed E-state index contributed by atoms with van der Waals surface area (Å²) in [5.74, 6) is -1.99. The van der Waals surface area contributed by atoms with E-state index in [1.807, 2.05) is 4.58 Å². The Bertz CT molecular complexity index is 1810. The molecule has 0 atom stereocenters. The van der Waals surface area contributed by atoms with Gasteiger partial charge < -0.3 is 10.0 Å². The van der Waals surface area contributed by atoms with E-state index in [1.165, 1.54) is 18.2 Å². The number of carboxylic acids is 1. The van der Waals surface area contributed by atoms with Crippen molar-refractivity contribution in [2.75, 3.05) is 29.5 Å². The minimum Gasteiger partial charge on any atom is -0.478 e. The number of aryl methyl sites for hydroxylation is 1. The molecule has 2 aromatic rings. The molecular weight excluding hydrogens is 636 g/mol. The molecule has 12 nitrogen and oxygen atoms in total. The average Bonchev–Trinajstić information content (AvgIpc) is 2.96. The molecule has 0 fully saturated rings. The summed E-state index contributed by atoms with van der Waals surface area (Å²) >= 11 is 0. The second-order valence-corrected chi connectivity index (χ2v) is 13.7. The topological polar surface area (TPSA) is 186 Å². The highest BCUT2D eigenvalue weighted by Gasteiger charge is 2.19. The smallest absolute Gasteiger partial charge is 0.335 e. The number of hydrogen-bond acceptors (Lipinski definition) is 8. The number of carbonyl (C=O) groups is 3. The van der Waals surface area contributed by atoms with Crippen molar-refractivity contribution in [3.63, 3.8) is 0 Å². The Kier molecular flexibility index (Phi) is 13.9. The summed E-state index contributed by atoms with van der Waals surface area (Å²) < 4.78 is 65.5. The van der Waals surface area contributed by atoms with Crippen molar-refractivity contribution in [2.45, 2.75) is 40.5 Å². The molecule has 0 bridgehead atoms. The van der Waals surface area contributed by atoms with Crippen molar-refractivity contribution in [3.05, 3.63) is 94.2 Å². The Labute approximate surface area is 269 Å². The maximum atomic E-state index is 11.6. The lowest BCUT2D eigenvalue weighted by Gasteiger charge is -2.28. The van der Waals surface area contributed by atoms with E-state index in [9.17, 15) is 45.4 Å². The lowest BCUT2D eigenvalue weighted by atomic mass is 10.0. The number of aromatic carboxylic acids is 1. The normalized spacial score (nSPS) is 13.2. The first kappa shape index (κ1) is 37.9. The van der Waals surface area contributed by atoms with Crippen LogP contribution in [-0.2, 0) is 20.2 Å². The van der Waals surface area contributed by atoms with Gasteiger partial charge in [0, 0.05) is 60.1 Å². The number of carboxylic acid groups (broad SMARTS) is 1. The van der Waals surface area contributed by atoms with Gasteiger partial charge in [-0.1, -0.05) is 18.2 Å². The summed E-state index contributed by atoms with van der Waals surface area (Å²) in [5, 5.41) is 9.32. The maximum Gasteiger partial charge on any atom is 0.335 e. The van der Waals surface area contributed by atoms with Crippen LogP contribution >= 0.6 is 0 Å². The van der Waals surface area contributed by atoms with E-state index in [2.05, 4.69) is 0 Å². The van der Waals surface area contributed by atoms with E-state index >= 15 is 0 Å². The van der Waals surface area contributed by atoms with Gasteiger partial charge >= 0.3 is 5.97 Å². The van der Waals surface area contributed by atoms with Gasteiger partial charge in [-0.05, 0) is 63.1 Å². The summed E-state index contributed by atoms with van der Waals surface area (Å²) in [6.07, 6.45) is 10.2. The first-order valence-corrected chi connectivity index (χ1v) is 17.4. The van der Waals surface area contributed by atoms with Crippen molar-refractivity contribution < 1.29 is 50.0 Å². The molecule has 0 unspecified atom stereocenters. The largest absolute Gasteiger partial charge is 0.478 e. The average molecular weight is 676 g/mol. The molecule has 0 aromatic heterocycles. The first-order valence-electron chi connectivity index (χ1n) is 14.2. The molecule has 0 saturated carbocycles. The zero-order chi connectivity index (χ0) is 34.7. The molecule has 3 N–H and O–H groups in total. The Balaban J connectivity index is 2.44. The molecule has 0 aliphatic rings. The van der Waals surface area contributed by atoms with Gasteiger partial charge in [-0.15, -0.1) is 0 Å². The van der Waals surface area contributed by atoms with E-state index < -0.39 is 37.7 Å². The Morgan fingerprint density at radius 3 is 2.11 bits per heavy atom. The first-order chi connectivity index (χ1) is 21.5. The zero-order valence-corrected chi connectivity index (χ0v) is 27.7. The van der Waals surface area contributed by atoms with Crippen LogP contribution in [0.15, 0.2) is 66.4 Å². The molecule has 0 radical (unpaired) electrons. The van der Waals surface area contributed by atoms with Crippen LogP contribution in [0, 0.1) is 13.8 Å². The van der Waals surface area contributed by atoms with Crippen molar-refractivity contribution in [1.29, 1.82) is 0 Å². The Morgan fingerprint density at radius 2 is 1.54 bits per heavy atom. The zero-order valence-electron chi connectivity index (χ0n) is 26.1. The Hall–Kier alpha value is -4.24. The molecule has 2 rings (SSSR count). The summed E-state index contributed by atoms with van der Waals surface area (Å²) in [7, 11) is -8.37. The Morgan fingerprint density at radius 1 is 0.891 bits per heavy atom. The predicted molar refractivity (Wildman–Crippen MR) is 177 cm³/mol. The number of nitrogens with zero attached hydrogens (tertiary/aromatic N) is 2. The van der Waals surface area contributed by atoms with Gasteiger partial charge in [0.1, 0.15) is 19.1 Å². The van der Waals surface area contributed by atoms with Crippen molar-refractivity contribution in [2.24, 2.45) is 0 Å². The molecule has 0 heterocycles. The molecule has 2 aromatic carbocycles. The third-order valence-corrected chi connectivity index (χ3v) is 8.66. The molecular formula is C32H39N2O10S2+. The van der Waals surface area contributed by atoms with Crippen LogP contribution in [0.3, 0.4) is 0 Å². The van der Waals surface area contributed by atoms with Crippen LogP contribution in [0.25, 0.3) is 0 Å². The number of carbonyl (C=O) groups excluding carboxylic acids is 2. The van der Waals surface area contributed by atoms with Crippen molar-refractivity contribution in [1.82, 2.24) is 0 Å². The monoisotopic (exact) mass is 675 g/mol. The SMILES string of the molecule is CC(=CC=CC=CC(C)=[N+](CCCS(=O)(=O)O)c1ccc(C(=O)O)cc1C)N(CCCS(=O)(=O)O)c1cc(C=O)cc(C=O)c1C. The van der Waals surface area contributed by atoms with Gasteiger partial charge in [0.2, 0.25) is 5.69 Å². The maximum absolute atomic E-state index is 11.6. The van der Waals surface area contributed by atoms with E-state index in [0.717, 1.165) is 0 Å². The number of aldehydes is 2. The molecule has 46 heavy (non-hydrogen) atoms. The van der Waals surface area contributed by atoms with E-state index in [0.29, 0.717) is 52.0 Å². The molecule has 0 spiro atoms. The third-order valence-electron chi connectivity index (χ3n) is 7.05. The third kappa shape index (κ3) is 11.9. The van der Waals surface area contributed by atoms with Gasteiger partial charge in [0.15, 0.2) is 5.71 Å². The summed E-state index contributed by atoms with van der Waals surface area (Å²) in [6.45, 7) is 7.42. The van der Waals surface area contributed by atoms with Crippen LogP contribution in [0.5, 0.6) is 0 Å². The van der Waals surface area contributed by atoms with Crippen molar-refractivity contribution in [3.8, 4) is 0 Å². The van der Waals surface area contributed by atoms with E-state index in [-0.39, 0.29) is 37.1 Å². The molecule has 248 valence electrons. The van der Waals surface area contributed by atoms with Crippen molar-refractivity contribution >= 4 is 55.9 Å². The quantitative estimate of drug-likeness (QED) is 0.0687. The highest BCUT2D eigenvalue weighted by Crippen LogP contribution is 2.28. The lowest BCUT2D eigenvalue weighted by molar-refractivity contribution is -0.440. The van der Waals surface area contributed by atoms with Crippen LogP contribution in [0.4, 0.5) is 11.4 Å². The van der Waals surface area contributed by atoms with Gasteiger partial charge in [0.25, 0.3) is 20.2 Å². The minimum absolute atomic E-state index is 0.0727. The number of allylic oxidation sites excluding steroid dienone is 6. The van der Waals surface area contributed by atoms with E-state index in [1.54, 1.807) is 75.1 Å². The number of benzene rings is 2. The standard InChI is InChI=1S/C32H38N2O10S2/c1-23-18-28(32(37)38)12-13-30(23)33(14-8-16-45(39,40)41)24(2)10-6-5-7-11-25(3)34(15-9-17-46(42,43)44)31-20-27(21-35)19-29(22-36)26(31)4/h5-7,10-13,18-22H,8-9,14-17H2,1-4H3,(H2-,37,38,39,40,41,42,43,44)/p+1. The van der Waals surface area contributed by atoms with Crippen LogP contribution in [0.1, 0.15) is 68.9 Å². The molecule has 0 aliphatic carbocycles. The van der Waals surface area contributed by atoms with Gasteiger partial charge in [-0.2, -0.15) is 21.4 Å². The summed E-state index contributed by atoms with van der Waals surface area (Å²) in [4.78, 5) is 36.3. The molecule has 0 saturated heterocycles. The number of rotatable bonds is 17. The molecule has 0 aliphatic heterocycles. The number of hydrogen-bond donors (Lipinski definition) is 3. The van der Waals surface area contributed by atoms with Gasteiger partial charge in [0.05, 0.1) is 17.1 Å². The highest BCUT2D eigenvalue weighted by atomic mass is 32.2.